The molecule has 1 aromatic carbocycles. The molecule has 0 amide bonds. The minimum Gasteiger partial charge on any atom is -0.272 e. The van der Waals surface area contributed by atoms with Gasteiger partial charge in [-0.15, -0.1) is 0 Å². The monoisotopic (exact) mass is 294 g/mol. The predicted molar refractivity (Wildman–Crippen MR) is 86.9 cm³/mol. The van der Waals surface area contributed by atoms with Gasteiger partial charge >= 0.3 is 5.69 Å². The Morgan fingerprint density at radius 3 is 2.23 bits per heavy atom. The molecule has 5 heteroatoms. The number of aromatic nitrogens is 4. The van der Waals surface area contributed by atoms with Crippen molar-refractivity contribution in [3.05, 3.63) is 52.2 Å². The molecule has 0 aliphatic heterocycles. The lowest BCUT2D eigenvalue weighted by molar-refractivity contribution is 0.580. The van der Waals surface area contributed by atoms with E-state index in [0.717, 1.165) is 17.0 Å². The highest BCUT2D eigenvalue weighted by Crippen LogP contribution is 2.24. The molecule has 0 saturated carbocycles. The average molecular weight is 294 g/mol. The highest BCUT2D eigenvalue weighted by molar-refractivity contribution is 5.87. The lowest BCUT2D eigenvalue weighted by Gasteiger charge is -2.15. The summed E-state index contributed by atoms with van der Waals surface area (Å²) in [6.45, 7) is 7.71. The first-order valence-corrected chi connectivity index (χ1v) is 7.32. The van der Waals surface area contributed by atoms with Gasteiger partial charge in [-0.3, -0.25) is 4.57 Å². The number of nitrogens with zero attached hydrogens (tertiary/aromatic N) is 4. The first-order chi connectivity index (χ1) is 10.5. The van der Waals surface area contributed by atoms with Gasteiger partial charge in [-0.1, -0.05) is 30.3 Å². The first-order valence-electron chi connectivity index (χ1n) is 7.32. The minimum absolute atomic E-state index is 0.0243. The summed E-state index contributed by atoms with van der Waals surface area (Å²) >= 11 is 0. The molecule has 0 radical (unpaired) electrons. The summed E-state index contributed by atoms with van der Waals surface area (Å²) in [5.74, 6) is 0. The maximum Gasteiger partial charge on any atom is 0.350 e. The van der Waals surface area contributed by atoms with E-state index in [1.54, 1.807) is 4.57 Å². The van der Waals surface area contributed by atoms with Crippen LogP contribution in [0, 0.1) is 13.8 Å². The molecule has 2 aromatic heterocycles. The molecule has 0 fully saturated rings. The van der Waals surface area contributed by atoms with Crippen molar-refractivity contribution in [2.45, 2.75) is 33.7 Å². The summed E-state index contributed by atoms with van der Waals surface area (Å²) < 4.78 is 1.60. The Morgan fingerprint density at radius 2 is 1.59 bits per heavy atom. The molecule has 0 spiro atoms. The quantitative estimate of drug-likeness (QED) is 0.729. The van der Waals surface area contributed by atoms with E-state index in [2.05, 4.69) is 15.0 Å². The normalized spacial score (nSPS) is 11.3. The third-order valence-electron chi connectivity index (χ3n) is 3.72. The van der Waals surface area contributed by atoms with E-state index in [-0.39, 0.29) is 11.7 Å². The van der Waals surface area contributed by atoms with E-state index in [1.807, 2.05) is 58.0 Å². The van der Waals surface area contributed by atoms with Gasteiger partial charge in [0.25, 0.3) is 0 Å². The van der Waals surface area contributed by atoms with Gasteiger partial charge in [0.05, 0.1) is 11.4 Å². The molecule has 0 aliphatic rings. The van der Waals surface area contributed by atoms with Gasteiger partial charge in [0.2, 0.25) is 0 Å². The van der Waals surface area contributed by atoms with Crippen LogP contribution in [-0.4, -0.2) is 19.5 Å². The van der Waals surface area contributed by atoms with Crippen LogP contribution >= 0.6 is 0 Å². The Kier molecular flexibility index (Phi) is 3.48. The second kappa shape index (κ2) is 5.33. The van der Waals surface area contributed by atoms with E-state index in [4.69, 9.17) is 0 Å². The van der Waals surface area contributed by atoms with Crippen LogP contribution in [-0.2, 0) is 0 Å². The van der Waals surface area contributed by atoms with Crippen LogP contribution in [0.2, 0.25) is 0 Å². The maximum atomic E-state index is 12.4. The lowest BCUT2D eigenvalue weighted by atomic mass is 10.1. The molecule has 0 atom stereocenters. The van der Waals surface area contributed by atoms with Crippen LogP contribution in [0.25, 0.3) is 22.4 Å². The highest BCUT2D eigenvalue weighted by atomic mass is 16.1. The predicted octanol–water partition coefficient (Wildman–Crippen LogP) is 3.05. The van der Waals surface area contributed by atoms with Crippen LogP contribution in [0.15, 0.2) is 35.1 Å². The van der Waals surface area contributed by atoms with Crippen molar-refractivity contribution < 1.29 is 0 Å². The van der Waals surface area contributed by atoms with Crippen molar-refractivity contribution in [1.29, 1.82) is 0 Å². The fourth-order valence-corrected chi connectivity index (χ4v) is 2.47. The lowest BCUT2D eigenvalue weighted by Crippen LogP contribution is -2.27. The van der Waals surface area contributed by atoms with Gasteiger partial charge in [0.15, 0.2) is 5.65 Å². The van der Waals surface area contributed by atoms with Gasteiger partial charge < -0.3 is 0 Å². The fraction of sp³-hybridized carbons (Fsp3) is 0.294. The zero-order chi connectivity index (χ0) is 15.9. The molecular formula is C17H18N4O. The van der Waals surface area contributed by atoms with Gasteiger partial charge in [0, 0.05) is 11.6 Å². The molecule has 0 saturated heterocycles. The van der Waals surface area contributed by atoms with E-state index in [0.29, 0.717) is 16.9 Å². The Balaban J connectivity index is 2.48. The highest BCUT2D eigenvalue weighted by Gasteiger charge is 2.17. The fourth-order valence-electron chi connectivity index (χ4n) is 2.47. The second-order valence-electron chi connectivity index (χ2n) is 5.64. The molecule has 0 unspecified atom stereocenters. The maximum absolute atomic E-state index is 12.4. The van der Waals surface area contributed by atoms with Gasteiger partial charge in [-0.25, -0.2) is 14.8 Å². The molecular weight excluding hydrogens is 276 g/mol. The van der Waals surface area contributed by atoms with Gasteiger partial charge in [-0.05, 0) is 27.7 Å². The molecule has 3 rings (SSSR count). The minimum atomic E-state index is -0.293. The molecule has 0 N–H and O–H groups in total. The Bertz CT molecular complexity index is 898. The Labute approximate surface area is 128 Å². The van der Waals surface area contributed by atoms with Crippen molar-refractivity contribution >= 4 is 11.2 Å². The molecule has 3 aromatic rings. The SMILES string of the molecule is Cc1nc2c(-c3ccccc3)nc(=O)n(C(C)C)c2nc1C. The van der Waals surface area contributed by atoms with Crippen LogP contribution in [0.1, 0.15) is 31.3 Å². The number of fused-ring (bicyclic) bond motifs is 1. The third kappa shape index (κ3) is 2.28. The number of rotatable bonds is 2. The van der Waals surface area contributed by atoms with Crippen LogP contribution in [0.5, 0.6) is 0 Å². The van der Waals surface area contributed by atoms with Crippen LogP contribution in [0.3, 0.4) is 0 Å². The zero-order valence-corrected chi connectivity index (χ0v) is 13.2. The average Bonchev–Trinajstić information content (AvgIpc) is 2.49. The summed E-state index contributed by atoms with van der Waals surface area (Å²) in [7, 11) is 0. The van der Waals surface area contributed by atoms with Crippen LogP contribution < -0.4 is 5.69 Å². The van der Waals surface area contributed by atoms with Gasteiger partial charge in [0.1, 0.15) is 11.2 Å². The van der Waals surface area contributed by atoms with Gasteiger partial charge in [-0.2, -0.15) is 4.98 Å². The second-order valence-corrected chi connectivity index (χ2v) is 5.64. The largest absolute Gasteiger partial charge is 0.350 e. The van der Waals surface area contributed by atoms with E-state index in [9.17, 15) is 4.79 Å². The van der Waals surface area contributed by atoms with Crippen LogP contribution in [0.4, 0.5) is 0 Å². The third-order valence-corrected chi connectivity index (χ3v) is 3.72. The standard InChI is InChI=1S/C17H18N4O/c1-10(2)21-16-15(18-11(3)12(4)19-16)14(20-17(21)22)13-8-6-5-7-9-13/h5-10H,1-4H3. The molecule has 22 heavy (non-hydrogen) atoms. The topological polar surface area (TPSA) is 60.7 Å². The molecule has 0 aliphatic carbocycles. The number of hydrogen-bond acceptors (Lipinski definition) is 4. The van der Waals surface area contributed by atoms with E-state index >= 15 is 0 Å². The number of benzene rings is 1. The van der Waals surface area contributed by atoms with Crippen molar-refractivity contribution in [2.75, 3.05) is 0 Å². The molecule has 5 nitrogen and oxygen atoms in total. The summed E-state index contributed by atoms with van der Waals surface area (Å²) in [6.07, 6.45) is 0. The van der Waals surface area contributed by atoms with Crippen molar-refractivity contribution in [2.24, 2.45) is 0 Å². The van der Waals surface area contributed by atoms with Crippen molar-refractivity contribution in [3.63, 3.8) is 0 Å². The zero-order valence-electron chi connectivity index (χ0n) is 13.2. The van der Waals surface area contributed by atoms with E-state index < -0.39 is 0 Å². The van der Waals surface area contributed by atoms with Crippen molar-refractivity contribution in [1.82, 2.24) is 19.5 Å². The first kappa shape index (κ1) is 14.4. The Hall–Kier alpha value is -2.56. The summed E-state index contributed by atoms with van der Waals surface area (Å²) in [6, 6.07) is 9.61. The summed E-state index contributed by atoms with van der Waals surface area (Å²) in [5, 5.41) is 0. The Morgan fingerprint density at radius 1 is 0.955 bits per heavy atom. The molecule has 0 bridgehead atoms. The molecule has 2 heterocycles. The van der Waals surface area contributed by atoms with Crippen molar-refractivity contribution in [3.8, 4) is 11.3 Å². The summed E-state index contributed by atoms with van der Waals surface area (Å²) in [4.78, 5) is 26.0. The van der Waals surface area contributed by atoms with E-state index in [1.165, 1.54) is 0 Å². The summed E-state index contributed by atoms with van der Waals surface area (Å²) in [5.41, 5.74) is 4.11. The number of hydrogen-bond donors (Lipinski definition) is 0. The number of aryl methyl sites for hydroxylation is 2. The molecule has 112 valence electrons. The smallest absolute Gasteiger partial charge is 0.272 e.